The molecule has 2 aromatic rings. The summed E-state index contributed by atoms with van der Waals surface area (Å²) in [4.78, 5) is 29.3. The van der Waals surface area contributed by atoms with Gasteiger partial charge in [-0.15, -0.1) is 11.3 Å². The van der Waals surface area contributed by atoms with Crippen molar-refractivity contribution in [1.82, 2.24) is 10.3 Å². The number of aromatic nitrogens is 1. The Kier molecular flexibility index (Phi) is 5.57. The molecule has 0 spiro atoms. The highest BCUT2D eigenvalue weighted by Gasteiger charge is 2.42. The summed E-state index contributed by atoms with van der Waals surface area (Å²) < 4.78 is 18.1. The molecule has 0 saturated carbocycles. The molecule has 3 rings (SSSR count). The van der Waals surface area contributed by atoms with Gasteiger partial charge in [-0.1, -0.05) is 13.8 Å². The van der Waals surface area contributed by atoms with Crippen LogP contribution in [0.1, 0.15) is 42.3 Å². The fraction of sp³-hybridized carbons (Fsp3) is 0.421. The third kappa shape index (κ3) is 4.33. The van der Waals surface area contributed by atoms with E-state index in [2.05, 4.69) is 15.6 Å². The zero-order valence-corrected chi connectivity index (χ0v) is 16.2. The van der Waals surface area contributed by atoms with Crippen molar-refractivity contribution >= 4 is 28.8 Å². The molecule has 6 nitrogen and oxygen atoms in total. The van der Waals surface area contributed by atoms with Gasteiger partial charge in [0.2, 0.25) is 5.91 Å². The Hall–Kier alpha value is -2.32. The quantitative estimate of drug-likeness (QED) is 0.791. The molecule has 1 saturated heterocycles. The number of amides is 2. The van der Waals surface area contributed by atoms with Crippen molar-refractivity contribution in [2.24, 2.45) is 11.3 Å². The molecule has 0 bridgehead atoms. The van der Waals surface area contributed by atoms with E-state index in [1.165, 1.54) is 35.6 Å². The largest absolute Gasteiger partial charge is 0.379 e. The topological polar surface area (TPSA) is 80.3 Å². The number of nitrogens with zero attached hydrogens (tertiary/aromatic N) is 1. The molecule has 0 aliphatic carbocycles. The Labute approximate surface area is 161 Å². The van der Waals surface area contributed by atoms with Crippen LogP contribution in [0.3, 0.4) is 0 Å². The summed E-state index contributed by atoms with van der Waals surface area (Å²) in [7, 11) is 0. The van der Waals surface area contributed by atoms with Gasteiger partial charge in [-0.25, -0.2) is 9.37 Å². The van der Waals surface area contributed by atoms with Gasteiger partial charge in [-0.2, -0.15) is 0 Å². The number of carbonyl (C=O) groups is 2. The number of thiazole rings is 1. The zero-order chi connectivity index (χ0) is 19.6. The summed E-state index contributed by atoms with van der Waals surface area (Å²) >= 11 is 1.33. The van der Waals surface area contributed by atoms with Gasteiger partial charge in [-0.3, -0.25) is 9.59 Å². The Morgan fingerprint density at radius 1 is 1.26 bits per heavy atom. The van der Waals surface area contributed by atoms with Gasteiger partial charge in [0, 0.05) is 11.1 Å². The highest BCUT2D eigenvalue weighted by Crippen LogP contribution is 2.31. The van der Waals surface area contributed by atoms with Gasteiger partial charge in [0.05, 0.1) is 24.7 Å². The SMILES string of the molecule is CC(C)[C@H](NC(=O)C1(C)COC1)c1nc(C(=O)Nc2ccc(F)cc2)cs1. The number of hydrogen-bond donors (Lipinski definition) is 2. The number of nitrogens with one attached hydrogen (secondary N) is 2. The third-order valence-electron chi connectivity index (χ3n) is 4.47. The summed E-state index contributed by atoms with van der Waals surface area (Å²) in [6.45, 7) is 6.67. The maximum absolute atomic E-state index is 13.0. The summed E-state index contributed by atoms with van der Waals surface area (Å²) in [5.74, 6) is -0.708. The van der Waals surface area contributed by atoms with Crippen LogP contribution >= 0.6 is 11.3 Å². The summed E-state index contributed by atoms with van der Waals surface area (Å²) in [6.07, 6.45) is 0. The molecule has 27 heavy (non-hydrogen) atoms. The van der Waals surface area contributed by atoms with E-state index in [9.17, 15) is 14.0 Å². The predicted octanol–water partition coefficient (Wildman–Crippen LogP) is 3.38. The van der Waals surface area contributed by atoms with Crippen LogP contribution in [0, 0.1) is 17.2 Å². The van der Waals surface area contributed by atoms with Gasteiger partial charge in [0.15, 0.2) is 0 Å². The standard InChI is InChI=1S/C19H22FN3O3S/c1-11(2)15(23-18(25)19(3)9-26-10-19)17-22-14(8-27-17)16(24)21-13-6-4-12(20)5-7-13/h4-8,11,15H,9-10H2,1-3H3,(H,21,24)(H,23,25)/t15-/m0/s1. The molecule has 1 aromatic heterocycles. The van der Waals surface area contributed by atoms with E-state index in [0.29, 0.717) is 23.9 Å². The van der Waals surface area contributed by atoms with Crippen LogP contribution < -0.4 is 10.6 Å². The Bertz CT molecular complexity index is 831. The van der Waals surface area contributed by atoms with Crippen LogP contribution in [0.25, 0.3) is 0 Å². The summed E-state index contributed by atoms with van der Waals surface area (Å²) in [5, 5.41) is 8.05. The first-order valence-corrected chi connectivity index (χ1v) is 9.57. The van der Waals surface area contributed by atoms with Crippen molar-refractivity contribution < 1.29 is 18.7 Å². The second-order valence-corrected chi connectivity index (χ2v) is 8.17. The molecule has 1 aliphatic rings. The van der Waals surface area contributed by atoms with Crippen LogP contribution in [-0.4, -0.2) is 30.0 Å². The van der Waals surface area contributed by atoms with Crippen molar-refractivity contribution in [2.45, 2.75) is 26.8 Å². The van der Waals surface area contributed by atoms with Crippen LogP contribution in [-0.2, 0) is 9.53 Å². The summed E-state index contributed by atoms with van der Waals surface area (Å²) in [6, 6.07) is 5.24. The van der Waals surface area contributed by atoms with Crippen LogP contribution in [0.5, 0.6) is 0 Å². The second-order valence-electron chi connectivity index (χ2n) is 7.28. The maximum atomic E-state index is 13.0. The lowest BCUT2D eigenvalue weighted by molar-refractivity contribution is -0.158. The molecule has 1 fully saturated rings. The van der Waals surface area contributed by atoms with Gasteiger partial charge in [-0.05, 0) is 37.1 Å². The average Bonchev–Trinajstić information content (AvgIpc) is 3.08. The van der Waals surface area contributed by atoms with E-state index in [4.69, 9.17) is 4.74 Å². The number of benzene rings is 1. The van der Waals surface area contributed by atoms with E-state index in [1.54, 1.807) is 5.38 Å². The van der Waals surface area contributed by atoms with Crippen LogP contribution in [0.4, 0.5) is 10.1 Å². The zero-order valence-electron chi connectivity index (χ0n) is 15.4. The molecular weight excluding hydrogens is 369 g/mol. The number of ether oxygens (including phenoxy) is 1. The average molecular weight is 391 g/mol. The molecule has 144 valence electrons. The lowest BCUT2D eigenvalue weighted by Crippen LogP contribution is -2.53. The molecule has 8 heteroatoms. The highest BCUT2D eigenvalue weighted by atomic mass is 32.1. The number of hydrogen-bond acceptors (Lipinski definition) is 5. The molecule has 1 aliphatic heterocycles. The predicted molar refractivity (Wildman–Crippen MR) is 101 cm³/mol. The van der Waals surface area contributed by atoms with E-state index in [0.717, 1.165) is 0 Å². The summed E-state index contributed by atoms with van der Waals surface area (Å²) in [5.41, 5.74) is 0.243. The Morgan fingerprint density at radius 3 is 2.48 bits per heavy atom. The smallest absolute Gasteiger partial charge is 0.275 e. The Balaban J connectivity index is 1.70. The fourth-order valence-electron chi connectivity index (χ4n) is 2.63. The minimum Gasteiger partial charge on any atom is -0.379 e. The van der Waals surface area contributed by atoms with E-state index < -0.39 is 5.41 Å². The maximum Gasteiger partial charge on any atom is 0.275 e. The van der Waals surface area contributed by atoms with Gasteiger partial charge in [0.1, 0.15) is 16.5 Å². The molecule has 0 radical (unpaired) electrons. The van der Waals surface area contributed by atoms with Gasteiger partial charge < -0.3 is 15.4 Å². The highest BCUT2D eigenvalue weighted by molar-refractivity contribution is 7.10. The number of rotatable bonds is 6. The molecule has 2 heterocycles. The lowest BCUT2D eigenvalue weighted by atomic mass is 9.87. The number of anilines is 1. The van der Waals surface area contributed by atoms with Crippen LogP contribution in [0.2, 0.25) is 0 Å². The van der Waals surface area contributed by atoms with E-state index in [-0.39, 0.29) is 35.3 Å². The first-order chi connectivity index (χ1) is 12.8. The number of halogens is 1. The molecule has 1 aromatic carbocycles. The van der Waals surface area contributed by atoms with Gasteiger partial charge in [0.25, 0.3) is 5.91 Å². The van der Waals surface area contributed by atoms with E-state index >= 15 is 0 Å². The number of carbonyl (C=O) groups excluding carboxylic acids is 2. The monoisotopic (exact) mass is 391 g/mol. The minimum absolute atomic E-state index is 0.0695. The molecule has 2 N–H and O–H groups in total. The van der Waals surface area contributed by atoms with E-state index in [1.807, 2.05) is 20.8 Å². The molecule has 1 atom stereocenters. The Morgan fingerprint density at radius 2 is 1.93 bits per heavy atom. The first kappa shape index (κ1) is 19.4. The van der Waals surface area contributed by atoms with Crippen molar-refractivity contribution in [2.75, 3.05) is 18.5 Å². The fourth-order valence-corrected chi connectivity index (χ4v) is 3.65. The second kappa shape index (κ2) is 7.74. The van der Waals surface area contributed by atoms with Crippen molar-refractivity contribution in [1.29, 1.82) is 0 Å². The van der Waals surface area contributed by atoms with Crippen LogP contribution in [0.15, 0.2) is 29.6 Å². The van der Waals surface area contributed by atoms with Gasteiger partial charge >= 0.3 is 0 Å². The minimum atomic E-state index is -0.507. The van der Waals surface area contributed by atoms with Crippen molar-refractivity contribution in [3.63, 3.8) is 0 Å². The first-order valence-electron chi connectivity index (χ1n) is 8.69. The molecular formula is C19H22FN3O3S. The molecule has 0 unspecified atom stereocenters. The lowest BCUT2D eigenvalue weighted by Gasteiger charge is -2.37. The third-order valence-corrected chi connectivity index (χ3v) is 5.39. The van der Waals surface area contributed by atoms with Crippen molar-refractivity contribution in [3.05, 3.63) is 46.2 Å². The van der Waals surface area contributed by atoms with Crippen molar-refractivity contribution in [3.8, 4) is 0 Å². The normalized spacial score (nSPS) is 16.5. The molecule has 2 amide bonds.